The van der Waals surface area contributed by atoms with Crippen LogP contribution in [0.25, 0.3) is 50.0 Å². The normalized spacial score (nSPS) is 11.6. The van der Waals surface area contributed by atoms with Crippen molar-refractivity contribution in [3.05, 3.63) is 99.5 Å². The second kappa shape index (κ2) is 7.25. The van der Waals surface area contributed by atoms with Crippen LogP contribution in [-0.4, -0.2) is 23.5 Å². The van der Waals surface area contributed by atoms with Crippen LogP contribution in [0.5, 0.6) is 0 Å². The number of hydrogen-bond donors (Lipinski definition) is 0. The minimum atomic E-state index is -0.383. The zero-order chi connectivity index (χ0) is 23.6. The summed E-state index contributed by atoms with van der Waals surface area (Å²) in [5, 5.41) is 0.485. The molecule has 4 aromatic heterocycles. The molecule has 6 rings (SSSR count). The van der Waals surface area contributed by atoms with Crippen molar-refractivity contribution in [1.82, 2.24) is 23.5 Å². The average molecular weight is 447 g/mol. The summed E-state index contributed by atoms with van der Waals surface area (Å²) in [4.78, 5) is 36.0. The fourth-order valence-corrected chi connectivity index (χ4v) is 4.81. The van der Waals surface area contributed by atoms with Crippen LogP contribution in [0.3, 0.4) is 0 Å². The monoisotopic (exact) mass is 447 g/mol. The molecule has 0 aliphatic carbocycles. The van der Waals surface area contributed by atoms with Crippen molar-refractivity contribution in [3.8, 4) is 22.5 Å². The summed E-state index contributed by atoms with van der Waals surface area (Å²) in [6, 6.07) is 19.7. The number of aryl methyl sites for hydroxylation is 2. The van der Waals surface area contributed by atoms with Crippen LogP contribution >= 0.6 is 0 Å². The smallest absolute Gasteiger partial charge is 0.303 e. The third-order valence-electron chi connectivity index (χ3n) is 6.38. The molecule has 0 atom stereocenters. The number of rotatable bonds is 2. The molecule has 166 valence electrons. The maximum atomic E-state index is 13.6. The van der Waals surface area contributed by atoms with Gasteiger partial charge in [0.1, 0.15) is 0 Å². The summed E-state index contributed by atoms with van der Waals surface area (Å²) in [6.45, 7) is 2.02. The van der Waals surface area contributed by atoms with Gasteiger partial charge in [-0.2, -0.15) is 0 Å². The molecule has 0 saturated carbocycles. The van der Waals surface area contributed by atoms with Crippen LogP contribution in [-0.2, 0) is 14.1 Å². The van der Waals surface area contributed by atoms with E-state index in [9.17, 15) is 9.59 Å². The van der Waals surface area contributed by atoms with Crippen molar-refractivity contribution in [2.45, 2.75) is 6.92 Å². The molecule has 0 amide bonds. The molecule has 0 bridgehead atoms. The Morgan fingerprint density at radius 2 is 1.62 bits per heavy atom. The zero-order valence-electron chi connectivity index (χ0n) is 19.0. The first-order valence-electron chi connectivity index (χ1n) is 11.0. The molecule has 0 radical (unpaired) electrons. The van der Waals surface area contributed by atoms with E-state index in [1.165, 1.54) is 11.6 Å². The highest BCUT2D eigenvalue weighted by Gasteiger charge is 2.25. The quantitative estimate of drug-likeness (QED) is 0.401. The fraction of sp³-hybridized carbons (Fsp3) is 0.111. The molecule has 0 saturated heterocycles. The summed E-state index contributed by atoms with van der Waals surface area (Å²) in [6.07, 6.45) is 3.46. The van der Waals surface area contributed by atoms with E-state index in [1.54, 1.807) is 24.0 Å². The van der Waals surface area contributed by atoms with Gasteiger partial charge in [-0.25, -0.2) is 9.78 Å². The van der Waals surface area contributed by atoms with Crippen LogP contribution in [0.15, 0.2) is 82.6 Å². The van der Waals surface area contributed by atoms with Crippen LogP contribution in [0.2, 0.25) is 0 Å². The van der Waals surface area contributed by atoms with Gasteiger partial charge < -0.3 is 4.40 Å². The van der Waals surface area contributed by atoms with Crippen LogP contribution in [0.4, 0.5) is 0 Å². The van der Waals surface area contributed by atoms with E-state index in [4.69, 9.17) is 4.98 Å². The highest BCUT2D eigenvalue weighted by molar-refractivity contribution is 6.11. The van der Waals surface area contributed by atoms with Gasteiger partial charge in [-0.15, -0.1) is 0 Å². The molecule has 6 aromatic rings. The lowest BCUT2D eigenvalue weighted by Crippen LogP contribution is -2.36. The van der Waals surface area contributed by atoms with Gasteiger partial charge in [0.2, 0.25) is 0 Å². The van der Waals surface area contributed by atoms with Gasteiger partial charge in [0.15, 0.2) is 0 Å². The van der Waals surface area contributed by atoms with E-state index in [0.29, 0.717) is 22.1 Å². The minimum Gasteiger partial charge on any atom is -0.303 e. The number of hydrogen-bond acceptors (Lipinski definition) is 4. The van der Waals surface area contributed by atoms with Crippen LogP contribution in [0.1, 0.15) is 5.56 Å². The SMILES string of the molecule is Cc1cccc(-c2c3c(=O)n(C)c(=O)n(C)c3c3c(-c4cccnc4)nc4ccccc4n23)c1. The topological polar surface area (TPSA) is 74.2 Å². The summed E-state index contributed by atoms with van der Waals surface area (Å²) in [5.74, 6) is 0. The predicted octanol–water partition coefficient (Wildman–Crippen LogP) is 4.08. The van der Waals surface area contributed by atoms with Crippen molar-refractivity contribution >= 4 is 27.5 Å². The van der Waals surface area contributed by atoms with Crippen molar-refractivity contribution in [1.29, 1.82) is 0 Å². The molecular formula is C27H21N5O2. The highest BCUT2D eigenvalue weighted by Crippen LogP contribution is 2.38. The van der Waals surface area contributed by atoms with E-state index in [1.807, 2.05) is 61.5 Å². The first kappa shape index (κ1) is 20.1. The first-order valence-corrected chi connectivity index (χ1v) is 11.0. The molecule has 4 heterocycles. The van der Waals surface area contributed by atoms with Crippen molar-refractivity contribution < 1.29 is 0 Å². The largest absolute Gasteiger partial charge is 0.331 e. The molecule has 0 N–H and O–H groups in total. The van der Waals surface area contributed by atoms with Gasteiger partial charge in [-0.05, 0) is 42.8 Å². The van der Waals surface area contributed by atoms with Gasteiger partial charge in [-0.1, -0.05) is 35.9 Å². The van der Waals surface area contributed by atoms with E-state index in [0.717, 1.165) is 33.4 Å². The fourth-order valence-electron chi connectivity index (χ4n) is 4.81. The van der Waals surface area contributed by atoms with Crippen molar-refractivity contribution in [2.24, 2.45) is 14.1 Å². The Hall–Kier alpha value is -4.52. The predicted molar refractivity (Wildman–Crippen MR) is 134 cm³/mol. The summed E-state index contributed by atoms with van der Waals surface area (Å²) in [7, 11) is 3.22. The lowest BCUT2D eigenvalue weighted by Gasteiger charge is -2.12. The molecular weight excluding hydrogens is 426 g/mol. The third-order valence-corrected chi connectivity index (χ3v) is 6.38. The van der Waals surface area contributed by atoms with Crippen molar-refractivity contribution in [2.75, 3.05) is 0 Å². The summed E-state index contributed by atoms with van der Waals surface area (Å²) >= 11 is 0. The number of fused-ring (bicyclic) bond motifs is 5. The van der Waals surface area contributed by atoms with Gasteiger partial charge in [0.05, 0.1) is 38.8 Å². The molecule has 0 aliphatic heterocycles. The molecule has 0 unspecified atom stereocenters. The molecule has 34 heavy (non-hydrogen) atoms. The number of aromatic nitrogens is 5. The maximum Gasteiger partial charge on any atom is 0.331 e. The van der Waals surface area contributed by atoms with Gasteiger partial charge in [0, 0.05) is 32.1 Å². The molecule has 2 aromatic carbocycles. The van der Waals surface area contributed by atoms with E-state index in [2.05, 4.69) is 15.5 Å². The number of benzene rings is 2. The van der Waals surface area contributed by atoms with Gasteiger partial charge in [0.25, 0.3) is 5.56 Å². The van der Waals surface area contributed by atoms with Crippen LogP contribution in [0, 0.1) is 6.92 Å². The molecule has 0 aliphatic rings. The Bertz CT molecular complexity index is 1880. The maximum absolute atomic E-state index is 13.6. The van der Waals surface area contributed by atoms with E-state index >= 15 is 0 Å². The number of nitrogens with zero attached hydrogens (tertiary/aromatic N) is 5. The minimum absolute atomic E-state index is 0.334. The number of pyridine rings is 1. The van der Waals surface area contributed by atoms with E-state index < -0.39 is 0 Å². The average Bonchev–Trinajstić information content (AvgIpc) is 3.23. The van der Waals surface area contributed by atoms with Gasteiger partial charge in [-0.3, -0.25) is 18.9 Å². The Kier molecular flexibility index (Phi) is 4.29. The first-order chi connectivity index (χ1) is 16.5. The van der Waals surface area contributed by atoms with Crippen molar-refractivity contribution in [3.63, 3.8) is 0 Å². The second-order valence-electron chi connectivity index (χ2n) is 8.52. The molecule has 0 fully saturated rings. The summed E-state index contributed by atoms with van der Waals surface area (Å²) < 4.78 is 4.78. The van der Waals surface area contributed by atoms with Crippen LogP contribution < -0.4 is 11.2 Å². The standard InChI is InChI=1S/C27H21N5O2/c1-16-8-6-9-17(14-16)23-21-24(30(2)27(34)31(3)26(21)33)25-22(18-10-7-13-28-15-18)29-19-11-4-5-12-20(19)32(23)25/h4-15H,1-3H3. The lowest BCUT2D eigenvalue weighted by atomic mass is 10.1. The second-order valence-corrected chi connectivity index (χ2v) is 8.52. The Morgan fingerprint density at radius 1 is 0.824 bits per heavy atom. The lowest BCUT2D eigenvalue weighted by molar-refractivity contribution is 0.716. The number of para-hydroxylation sites is 2. The third kappa shape index (κ3) is 2.70. The summed E-state index contributed by atoms with van der Waals surface area (Å²) in [5.41, 5.74) is 6.37. The molecule has 7 heteroatoms. The Morgan fingerprint density at radius 3 is 2.38 bits per heavy atom. The molecule has 7 nitrogen and oxygen atoms in total. The molecule has 0 spiro atoms. The Labute approximate surface area is 194 Å². The Balaban J connectivity index is 2.02. The van der Waals surface area contributed by atoms with E-state index in [-0.39, 0.29) is 11.2 Å². The highest BCUT2D eigenvalue weighted by atomic mass is 16.2. The van der Waals surface area contributed by atoms with Gasteiger partial charge >= 0.3 is 5.69 Å². The zero-order valence-corrected chi connectivity index (χ0v) is 19.0.